The van der Waals surface area contributed by atoms with Crippen molar-refractivity contribution in [3.63, 3.8) is 0 Å². The largest absolute Gasteiger partial charge is 0.368 e. The van der Waals surface area contributed by atoms with Crippen LogP contribution in [0.25, 0.3) is 10.9 Å². The van der Waals surface area contributed by atoms with E-state index in [1.165, 1.54) is 5.69 Å². The van der Waals surface area contributed by atoms with E-state index in [-0.39, 0.29) is 5.91 Å². The van der Waals surface area contributed by atoms with E-state index in [1.807, 2.05) is 18.2 Å². The van der Waals surface area contributed by atoms with Crippen LogP contribution >= 0.6 is 11.6 Å². The highest BCUT2D eigenvalue weighted by atomic mass is 35.5. The number of halogens is 1. The van der Waals surface area contributed by atoms with Crippen molar-refractivity contribution in [2.75, 3.05) is 43.4 Å². The van der Waals surface area contributed by atoms with E-state index in [0.29, 0.717) is 10.7 Å². The Hall–Kier alpha value is -2.50. The molecule has 0 spiro atoms. The van der Waals surface area contributed by atoms with Crippen LogP contribution in [0.1, 0.15) is 10.5 Å². The minimum atomic E-state index is -0.159. The molecule has 6 heteroatoms. The van der Waals surface area contributed by atoms with Gasteiger partial charge in [0.1, 0.15) is 5.69 Å². The van der Waals surface area contributed by atoms with Gasteiger partial charge in [0.2, 0.25) is 0 Å². The molecular formula is C20H21ClN4O. The number of H-pyrrole nitrogens is 1. The summed E-state index contributed by atoms with van der Waals surface area (Å²) in [5, 5.41) is 4.63. The minimum absolute atomic E-state index is 0.159. The Morgan fingerprint density at radius 2 is 1.81 bits per heavy atom. The first kappa shape index (κ1) is 16.9. The van der Waals surface area contributed by atoms with Crippen LogP contribution in [0.2, 0.25) is 5.02 Å². The van der Waals surface area contributed by atoms with Gasteiger partial charge in [-0.15, -0.1) is 0 Å². The van der Waals surface area contributed by atoms with Crippen molar-refractivity contribution in [3.05, 3.63) is 59.2 Å². The number of benzene rings is 2. The molecular weight excluding hydrogens is 348 g/mol. The van der Waals surface area contributed by atoms with Gasteiger partial charge >= 0.3 is 0 Å². The first-order valence-electron chi connectivity index (χ1n) is 8.72. The van der Waals surface area contributed by atoms with Crippen LogP contribution < -0.4 is 10.2 Å². The van der Waals surface area contributed by atoms with Crippen molar-refractivity contribution in [1.29, 1.82) is 0 Å². The van der Waals surface area contributed by atoms with E-state index < -0.39 is 0 Å². The molecule has 2 aromatic carbocycles. The van der Waals surface area contributed by atoms with Gasteiger partial charge in [0, 0.05) is 53.5 Å². The number of nitrogens with one attached hydrogen (secondary N) is 2. The molecule has 4 rings (SSSR count). The zero-order valence-electron chi connectivity index (χ0n) is 14.6. The molecule has 1 fully saturated rings. The molecule has 0 radical (unpaired) electrons. The van der Waals surface area contributed by atoms with Gasteiger partial charge in [0.25, 0.3) is 5.91 Å². The van der Waals surface area contributed by atoms with Crippen molar-refractivity contribution in [1.82, 2.24) is 9.88 Å². The topological polar surface area (TPSA) is 51.4 Å². The maximum atomic E-state index is 12.6. The lowest BCUT2D eigenvalue weighted by molar-refractivity contribution is 0.102. The monoisotopic (exact) mass is 368 g/mol. The molecule has 1 amide bonds. The number of rotatable bonds is 3. The summed E-state index contributed by atoms with van der Waals surface area (Å²) in [7, 11) is 2.15. The molecule has 0 bridgehead atoms. The van der Waals surface area contributed by atoms with Crippen LogP contribution in [0.3, 0.4) is 0 Å². The zero-order chi connectivity index (χ0) is 18.1. The van der Waals surface area contributed by atoms with Crippen molar-refractivity contribution >= 4 is 39.8 Å². The Bertz CT molecular complexity index is 927. The van der Waals surface area contributed by atoms with E-state index in [2.05, 4.69) is 33.2 Å². The number of aromatic nitrogens is 1. The standard InChI is InChI=1S/C20H21ClN4O/c1-24-9-11-25(12-10-24)19-4-2-3-17-16(19)13-18(23-17)20(26)22-15-7-5-14(21)6-8-15/h2-8,13,23H,9-12H2,1H3,(H,22,26). The Morgan fingerprint density at radius 3 is 2.54 bits per heavy atom. The summed E-state index contributed by atoms with van der Waals surface area (Å²) >= 11 is 5.89. The van der Waals surface area contributed by atoms with Gasteiger partial charge in [0.05, 0.1) is 0 Å². The smallest absolute Gasteiger partial charge is 0.272 e. The molecule has 26 heavy (non-hydrogen) atoms. The van der Waals surface area contributed by atoms with Crippen LogP contribution in [0.4, 0.5) is 11.4 Å². The third-order valence-electron chi connectivity index (χ3n) is 4.83. The summed E-state index contributed by atoms with van der Waals surface area (Å²) in [6, 6.07) is 15.2. The highest BCUT2D eigenvalue weighted by Crippen LogP contribution is 2.28. The normalized spacial score (nSPS) is 15.4. The minimum Gasteiger partial charge on any atom is -0.368 e. The highest BCUT2D eigenvalue weighted by Gasteiger charge is 2.18. The van der Waals surface area contributed by atoms with E-state index >= 15 is 0 Å². The molecule has 134 valence electrons. The van der Waals surface area contributed by atoms with E-state index in [0.717, 1.165) is 42.8 Å². The summed E-state index contributed by atoms with van der Waals surface area (Å²) in [6.07, 6.45) is 0. The average molecular weight is 369 g/mol. The second kappa shape index (κ2) is 7.02. The van der Waals surface area contributed by atoms with Crippen LogP contribution in [-0.2, 0) is 0 Å². The number of hydrogen-bond acceptors (Lipinski definition) is 3. The van der Waals surface area contributed by atoms with Gasteiger partial charge in [-0.3, -0.25) is 4.79 Å². The second-order valence-corrected chi connectivity index (χ2v) is 7.11. The molecule has 0 aliphatic carbocycles. The molecule has 2 heterocycles. The fourth-order valence-electron chi connectivity index (χ4n) is 3.32. The van der Waals surface area contributed by atoms with Gasteiger partial charge in [-0.25, -0.2) is 0 Å². The number of likely N-dealkylation sites (N-methyl/N-ethyl adjacent to an activating group) is 1. The maximum Gasteiger partial charge on any atom is 0.272 e. The summed E-state index contributed by atoms with van der Waals surface area (Å²) in [6.45, 7) is 4.08. The van der Waals surface area contributed by atoms with Crippen molar-refractivity contribution in [3.8, 4) is 0 Å². The maximum absolute atomic E-state index is 12.6. The first-order chi connectivity index (χ1) is 12.6. The number of carbonyl (C=O) groups excluding carboxylic acids is 1. The molecule has 3 aromatic rings. The zero-order valence-corrected chi connectivity index (χ0v) is 15.4. The van der Waals surface area contributed by atoms with Crippen LogP contribution in [-0.4, -0.2) is 49.0 Å². The number of anilines is 2. The quantitative estimate of drug-likeness (QED) is 0.738. The van der Waals surface area contributed by atoms with Crippen LogP contribution in [0, 0.1) is 0 Å². The summed E-state index contributed by atoms with van der Waals surface area (Å²) in [5.74, 6) is -0.159. The Morgan fingerprint density at radius 1 is 1.08 bits per heavy atom. The van der Waals surface area contributed by atoms with Crippen molar-refractivity contribution in [2.24, 2.45) is 0 Å². The van der Waals surface area contributed by atoms with E-state index in [4.69, 9.17) is 11.6 Å². The predicted molar refractivity (Wildman–Crippen MR) is 107 cm³/mol. The summed E-state index contributed by atoms with van der Waals surface area (Å²) < 4.78 is 0. The summed E-state index contributed by atoms with van der Waals surface area (Å²) in [5.41, 5.74) is 3.42. The fraction of sp³-hybridized carbons (Fsp3) is 0.250. The van der Waals surface area contributed by atoms with Gasteiger partial charge in [-0.2, -0.15) is 0 Å². The molecule has 1 aliphatic heterocycles. The fourth-order valence-corrected chi connectivity index (χ4v) is 3.44. The summed E-state index contributed by atoms with van der Waals surface area (Å²) in [4.78, 5) is 20.6. The lowest BCUT2D eigenvalue weighted by Gasteiger charge is -2.34. The third-order valence-corrected chi connectivity index (χ3v) is 5.08. The molecule has 1 saturated heterocycles. The van der Waals surface area contributed by atoms with Crippen molar-refractivity contribution < 1.29 is 4.79 Å². The van der Waals surface area contributed by atoms with E-state index in [1.54, 1.807) is 24.3 Å². The van der Waals surface area contributed by atoms with Gasteiger partial charge < -0.3 is 20.1 Å². The Labute approximate surface area is 157 Å². The highest BCUT2D eigenvalue weighted by molar-refractivity contribution is 6.30. The average Bonchev–Trinajstić information content (AvgIpc) is 3.09. The number of hydrogen-bond donors (Lipinski definition) is 2. The van der Waals surface area contributed by atoms with E-state index in [9.17, 15) is 4.79 Å². The van der Waals surface area contributed by atoms with Crippen molar-refractivity contribution in [2.45, 2.75) is 0 Å². The number of piperazine rings is 1. The SMILES string of the molecule is CN1CCN(c2cccc3[nH]c(C(=O)Nc4ccc(Cl)cc4)cc23)CC1. The number of nitrogens with zero attached hydrogens (tertiary/aromatic N) is 2. The number of aromatic amines is 1. The Kier molecular flexibility index (Phi) is 4.57. The number of amides is 1. The van der Waals surface area contributed by atoms with Gasteiger partial charge in [0.15, 0.2) is 0 Å². The Balaban J connectivity index is 1.60. The molecule has 0 unspecified atom stereocenters. The number of fused-ring (bicyclic) bond motifs is 1. The lowest BCUT2D eigenvalue weighted by Crippen LogP contribution is -2.44. The predicted octanol–water partition coefficient (Wildman–Crippen LogP) is 3.83. The van der Waals surface area contributed by atoms with Crippen LogP contribution in [0.15, 0.2) is 48.5 Å². The first-order valence-corrected chi connectivity index (χ1v) is 9.10. The van der Waals surface area contributed by atoms with Gasteiger partial charge in [-0.05, 0) is 49.5 Å². The third kappa shape index (κ3) is 3.41. The molecule has 2 N–H and O–H groups in total. The van der Waals surface area contributed by atoms with Crippen LogP contribution in [0.5, 0.6) is 0 Å². The lowest BCUT2D eigenvalue weighted by atomic mass is 10.1. The second-order valence-electron chi connectivity index (χ2n) is 6.67. The molecule has 5 nitrogen and oxygen atoms in total. The molecule has 0 saturated carbocycles. The number of carbonyl (C=O) groups is 1. The molecule has 0 atom stereocenters. The molecule has 1 aromatic heterocycles. The molecule has 1 aliphatic rings. The van der Waals surface area contributed by atoms with Gasteiger partial charge in [-0.1, -0.05) is 17.7 Å².